The van der Waals surface area contributed by atoms with Gasteiger partial charge in [0.1, 0.15) is 0 Å². The number of carbonyl (C=O) groups is 1. The minimum Gasteiger partial charge on any atom is -0.334 e. The molecule has 0 unspecified atom stereocenters. The fourth-order valence-corrected chi connectivity index (χ4v) is 1.16. The van der Waals surface area contributed by atoms with Crippen molar-refractivity contribution in [2.24, 2.45) is 0 Å². The van der Waals surface area contributed by atoms with Crippen LogP contribution in [0.3, 0.4) is 0 Å². The molecule has 1 aromatic carbocycles. The van der Waals surface area contributed by atoms with Crippen LogP contribution in [0.15, 0.2) is 36.9 Å². The normalized spacial score (nSPS) is 9.40. The SMILES string of the molecule is C=CCNC(=O)Nc1ccc(CC)cc1. The average Bonchev–Trinajstić information content (AvgIpc) is 2.27. The minimum absolute atomic E-state index is 0.209. The van der Waals surface area contributed by atoms with Crippen molar-refractivity contribution >= 4 is 11.7 Å². The Labute approximate surface area is 90.2 Å². The lowest BCUT2D eigenvalue weighted by Gasteiger charge is -2.06. The molecule has 80 valence electrons. The summed E-state index contributed by atoms with van der Waals surface area (Å²) in [6.45, 7) is 6.09. The van der Waals surface area contributed by atoms with Crippen molar-refractivity contribution in [1.29, 1.82) is 0 Å². The predicted octanol–water partition coefficient (Wildman–Crippen LogP) is 2.56. The molecule has 1 rings (SSSR count). The van der Waals surface area contributed by atoms with Crippen molar-refractivity contribution in [1.82, 2.24) is 5.32 Å². The maximum Gasteiger partial charge on any atom is 0.319 e. The molecule has 0 aliphatic carbocycles. The first kappa shape index (κ1) is 11.3. The number of urea groups is 1. The molecule has 3 heteroatoms. The number of hydrogen-bond acceptors (Lipinski definition) is 1. The molecule has 1 aromatic rings. The zero-order valence-corrected chi connectivity index (χ0v) is 8.92. The van der Waals surface area contributed by atoms with Crippen LogP contribution >= 0.6 is 0 Å². The number of rotatable bonds is 4. The molecule has 0 spiro atoms. The molecule has 0 aromatic heterocycles. The van der Waals surface area contributed by atoms with Gasteiger partial charge in [-0.15, -0.1) is 6.58 Å². The van der Waals surface area contributed by atoms with Crippen molar-refractivity contribution in [3.05, 3.63) is 42.5 Å². The summed E-state index contributed by atoms with van der Waals surface area (Å²) in [4.78, 5) is 11.3. The van der Waals surface area contributed by atoms with Crippen LogP contribution in [0.2, 0.25) is 0 Å². The highest BCUT2D eigenvalue weighted by molar-refractivity contribution is 5.89. The maximum absolute atomic E-state index is 11.3. The van der Waals surface area contributed by atoms with Gasteiger partial charge < -0.3 is 10.6 Å². The molecule has 0 bridgehead atoms. The predicted molar refractivity (Wildman–Crippen MR) is 63.0 cm³/mol. The second-order valence-electron chi connectivity index (χ2n) is 3.17. The Morgan fingerprint density at radius 1 is 1.40 bits per heavy atom. The van der Waals surface area contributed by atoms with E-state index in [1.807, 2.05) is 24.3 Å². The first-order chi connectivity index (χ1) is 7.26. The van der Waals surface area contributed by atoms with Gasteiger partial charge in [0, 0.05) is 12.2 Å². The monoisotopic (exact) mass is 204 g/mol. The zero-order valence-electron chi connectivity index (χ0n) is 8.92. The molecule has 3 nitrogen and oxygen atoms in total. The van der Waals surface area contributed by atoms with Crippen LogP contribution in [-0.2, 0) is 6.42 Å². The van der Waals surface area contributed by atoms with E-state index in [-0.39, 0.29) is 6.03 Å². The van der Waals surface area contributed by atoms with Crippen LogP contribution in [0.5, 0.6) is 0 Å². The topological polar surface area (TPSA) is 41.1 Å². The number of nitrogens with one attached hydrogen (secondary N) is 2. The first-order valence-corrected chi connectivity index (χ1v) is 5.01. The first-order valence-electron chi connectivity index (χ1n) is 5.01. The molecular weight excluding hydrogens is 188 g/mol. The summed E-state index contributed by atoms with van der Waals surface area (Å²) in [5.74, 6) is 0. The van der Waals surface area contributed by atoms with Crippen LogP contribution in [0, 0.1) is 0 Å². The smallest absolute Gasteiger partial charge is 0.319 e. The minimum atomic E-state index is -0.209. The summed E-state index contributed by atoms with van der Waals surface area (Å²) < 4.78 is 0. The summed E-state index contributed by atoms with van der Waals surface area (Å²) in [6, 6.07) is 7.59. The summed E-state index contributed by atoms with van der Waals surface area (Å²) in [7, 11) is 0. The summed E-state index contributed by atoms with van der Waals surface area (Å²) in [6.07, 6.45) is 2.64. The Morgan fingerprint density at radius 2 is 2.07 bits per heavy atom. The standard InChI is InChI=1S/C12H16N2O/c1-3-9-13-12(15)14-11-7-5-10(4-2)6-8-11/h3,5-8H,1,4,9H2,2H3,(H2,13,14,15). The molecule has 0 aliphatic rings. The number of benzene rings is 1. The van der Waals surface area contributed by atoms with Gasteiger partial charge in [0.15, 0.2) is 0 Å². The molecule has 0 atom stereocenters. The van der Waals surface area contributed by atoms with Gasteiger partial charge in [0.2, 0.25) is 0 Å². The average molecular weight is 204 g/mol. The van der Waals surface area contributed by atoms with Gasteiger partial charge in [-0.2, -0.15) is 0 Å². The third kappa shape index (κ3) is 3.85. The lowest BCUT2D eigenvalue weighted by Crippen LogP contribution is -2.28. The summed E-state index contributed by atoms with van der Waals surface area (Å²) in [5.41, 5.74) is 2.06. The van der Waals surface area contributed by atoms with Crippen molar-refractivity contribution < 1.29 is 4.79 Å². The molecule has 0 saturated carbocycles. The van der Waals surface area contributed by atoms with Crippen molar-refractivity contribution in [2.45, 2.75) is 13.3 Å². The Hall–Kier alpha value is -1.77. The number of hydrogen-bond donors (Lipinski definition) is 2. The van der Waals surface area contributed by atoms with Crippen LogP contribution in [-0.4, -0.2) is 12.6 Å². The van der Waals surface area contributed by atoms with E-state index < -0.39 is 0 Å². The molecule has 2 N–H and O–H groups in total. The van der Waals surface area contributed by atoms with Gasteiger partial charge in [-0.05, 0) is 24.1 Å². The highest BCUT2D eigenvalue weighted by Crippen LogP contribution is 2.09. The quantitative estimate of drug-likeness (QED) is 0.727. The molecule has 15 heavy (non-hydrogen) atoms. The van der Waals surface area contributed by atoms with Crippen LogP contribution in [0.25, 0.3) is 0 Å². The number of carbonyl (C=O) groups excluding carboxylic acids is 1. The van der Waals surface area contributed by atoms with Crippen molar-refractivity contribution in [3.8, 4) is 0 Å². The number of aryl methyl sites for hydroxylation is 1. The molecule has 0 fully saturated rings. The van der Waals surface area contributed by atoms with Gasteiger partial charge >= 0.3 is 6.03 Å². The zero-order chi connectivity index (χ0) is 11.1. The molecule has 0 saturated heterocycles. The maximum atomic E-state index is 11.3. The Kier molecular flexibility index (Phi) is 4.41. The summed E-state index contributed by atoms with van der Waals surface area (Å²) in [5, 5.41) is 5.37. The van der Waals surface area contributed by atoms with E-state index in [1.54, 1.807) is 6.08 Å². The van der Waals surface area contributed by atoms with E-state index in [4.69, 9.17) is 0 Å². The van der Waals surface area contributed by atoms with Gasteiger partial charge in [-0.1, -0.05) is 25.1 Å². The largest absolute Gasteiger partial charge is 0.334 e. The second-order valence-corrected chi connectivity index (χ2v) is 3.17. The van der Waals surface area contributed by atoms with Crippen LogP contribution in [0.4, 0.5) is 10.5 Å². The van der Waals surface area contributed by atoms with E-state index in [9.17, 15) is 4.79 Å². The lowest BCUT2D eigenvalue weighted by molar-refractivity contribution is 0.253. The molecule has 2 amide bonds. The van der Waals surface area contributed by atoms with E-state index in [1.165, 1.54) is 5.56 Å². The van der Waals surface area contributed by atoms with E-state index in [0.717, 1.165) is 12.1 Å². The highest BCUT2D eigenvalue weighted by atomic mass is 16.2. The number of amides is 2. The molecule has 0 radical (unpaired) electrons. The molecule has 0 heterocycles. The summed E-state index contributed by atoms with van der Waals surface area (Å²) >= 11 is 0. The highest BCUT2D eigenvalue weighted by Gasteiger charge is 1.98. The number of anilines is 1. The third-order valence-corrected chi connectivity index (χ3v) is 2.03. The third-order valence-electron chi connectivity index (χ3n) is 2.03. The fourth-order valence-electron chi connectivity index (χ4n) is 1.16. The van der Waals surface area contributed by atoms with Gasteiger partial charge in [-0.3, -0.25) is 0 Å². The van der Waals surface area contributed by atoms with Crippen LogP contribution in [0.1, 0.15) is 12.5 Å². The Balaban J connectivity index is 2.49. The van der Waals surface area contributed by atoms with Crippen molar-refractivity contribution in [3.63, 3.8) is 0 Å². The molecular formula is C12H16N2O. The van der Waals surface area contributed by atoms with Gasteiger partial charge in [0.25, 0.3) is 0 Å². The Morgan fingerprint density at radius 3 is 2.60 bits per heavy atom. The van der Waals surface area contributed by atoms with Gasteiger partial charge in [-0.25, -0.2) is 4.79 Å². The van der Waals surface area contributed by atoms with Crippen LogP contribution < -0.4 is 10.6 Å². The van der Waals surface area contributed by atoms with E-state index in [2.05, 4.69) is 24.1 Å². The van der Waals surface area contributed by atoms with E-state index in [0.29, 0.717) is 6.54 Å². The van der Waals surface area contributed by atoms with Gasteiger partial charge in [0.05, 0.1) is 0 Å². The molecule has 0 aliphatic heterocycles. The second kappa shape index (κ2) is 5.86. The van der Waals surface area contributed by atoms with Crippen molar-refractivity contribution in [2.75, 3.05) is 11.9 Å². The fraction of sp³-hybridized carbons (Fsp3) is 0.250. The van der Waals surface area contributed by atoms with E-state index >= 15 is 0 Å². The lowest BCUT2D eigenvalue weighted by atomic mass is 10.1. The Bertz CT molecular complexity index is 330.